The summed E-state index contributed by atoms with van der Waals surface area (Å²) in [4.78, 5) is 11.3. The van der Waals surface area contributed by atoms with Gasteiger partial charge >= 0.3 is 0 Å². The molecule has 106 valence electrons. The number of hydrogen-bond acceptors (Lipinski definition) is 5. The summed E-state index contributed by atoms with van der Waals surface area (Å²) < 4.78 is 28.8. The zero-order valence-electron chi connectivity index (χ0n) is 10.3. The average molecular weight is 334 g/mol. The molecule has 0 radical (unpaired) electrons. The monoisotopic (exact) mass is 333 g/mol. The third kappa shape index (κ3) is 2.72. The first-order valence-corrected chi connectivity index (χ1v) is 8.20. The molecule has 0 atom stereocenters. The molecular weight excluding hydrogens is 325 g/mol. The van der Waals surface area contributed by atoms with Crippen LogP contribution < -0.4 is 0 Å². The zero-order chi connectivity index (χ0) is 14.9. The van der Waals surface area contributed by atoms with Gasteiger partial charge in [0.15, 0.2) is 15.6 Å². The van der Waals surface area contributed by atoms with Gasteiger partial charge in [0.25, 0.3) is 5.24 Å². The third-order valence-electron chi connectivity index (χ3n) is 2.60. The van der Waals surface area contributed by atoms with E-state index < -0.39 is 15.1 Å². The number of sulfone groups is 1. The van der Waals surface area contributed by atoms with Gasteiger partial charge in [0.1, 0.15) is 10.6 Å². The van der Waals surface area contributed by atoms with Crippen molar-refractivity contribution in [3.8, 4) is 11.3 Å². The van der Waals surface area contributed by atoms with Crippen LogP contribution in [0.1, 0.15) is 16.1 Å². The third-order valence-corrected chi connectivity index (χ3v) is 4.22. The van der Waals surface area contributed by atoms with E-state index in [1.807, 2.05) is 0 Å². The first-order valence-electron chi connectivity index (χ1n) is 5.40. The summed E-state index contributed by atoms with van der Waals surface area (Å²) in [5.74, 6) is -0.157. The van der Waals surface area contributed by atoms with Crippen LogP contribution in [0.3, 0.4) is 0 Å². The molecule has 2 aromatic rings. The van der Waals surface area contributed by atoms with Crippen molar-refractivity contribution in [2.24, 2.45) is 0 Å². The van der Waals surface area contributed by atoms with E-state index in [1.54, 1.807) is 12.1 Å². The second-order valence-electron chi connectivity index (χ2n) is 4.01. The number of aromatic nitrogens is 1. The van der Waals surface area contributed by atoms with Gasteiger partial charge in [-0.3, -0.25) is 4.79 Å². The van der Waals surface area contributed by atoms with Crippen LogP contribution in [-0.4, -0.2) is 25.1 Å². The van der Waals surface area contributed by atoms with E-state index in [9.17, 15) is 13.2 Å². The van der Waals surface area contributed by atoms with Gasteiger partial charge in [-0.15, -0.1) is 11.6 Å². The molecule has 0 aliphatic rings. The normalized spacial score (nSPS) is 11.6. The first-order chi connectivity index (χ1) is 9.36. The Bertz CT molecular complexity index is 768. The lowest BCUT2D eigenvalue weighted by atomic mass is 10.1. The summed E-state index contributed by atoms with van der Waals surface area (Å²) in [6.45, 7) is 0. The number of hydrogen-bond donors (Lipinski definition) is 0. The molecular formula is C12H9Cl2NO4S. The minimum atomic E-state index is -3.62. The predicted octanol–water partition coefficient (Wildman–Crippen LogP) is 2.86. The molecule has 1 heterocycles. The van der Waals surface area contributed by atoms with Crippen LogP contribution in [0.4, 0.5) is 0 Å². The van der Waals surface area contributed by atoms with E-state index in [2.05, 4.69) is 5.16 Å². The highest BCUT2D eigenvalue weighted by atomic mass is 35.5. The first kappa shape index (κ1) is 15.0. The van der Waals surface area contributed by atoms with Crippen molar-refractivity contribution in [2.75, 3.05) is 6.26 Å². The van der Waals surface area contributed by atoms with Crippen molar-refractivity contribution in [3.63, 3.8) is 0 Å². The van der Waals surface area contributed by atoms with Gasteiger partial charge in [0.05, 0.1) is 5.88 Å². The summed E-state index contributed by atoms with van der Waals surface area (Å²) in [5.41, 5.74) is 0.495. The molecule has 0 aliphatic heterocycles. The van der Waals surface area contributed by atoms with Crippen molar-refractivity contribution in [1.82, 2.24) is 5.16 Å². The molecule has 0 N–H and O–H groups in total. The molecule has 1 aromatic heterocycles. The van der Waals surface area contributed by atoms with Crippen molar-refractivity contribution >= 4 is 38.3 Å². The van der Waals surface area contributed by atoms with Gasteiger partial charge in [0, 0.05) is 17.4 Å². The lowest BCUT2D eigenvalue weighted by Gasteiger charge is -2.04. The Labute approximate surface area is 125 Å². The Morgan fingerprint density at radius 2 is 2.00 bits per heavy atom. The van der Waals surface area contributed by atoms with Gasteiger partial charge in [-0.25, -0.2) is 8.42 Å². The SMILES string of the molecule is CS(=O)(=O)c1c(CCl)noc1-c1ccccc1C(=O)Cl. The fourth-order valence-corrected chi connectivity index (χ4v) is 3.25. The van der Waals surface area contributed by atoms with E-state index in [4.69, 9.17) is 27.7 Å². The molecule has 2 rings (SSSR count). The molecule has 0 fully saturated rings. The fraction of sp³-hybridized carbons (Fsp3) is 0.167. The smallest absolute Gasteiger partial charge is 0.253 e. The van der Waals surface area contributed by atoms with Gasteiger partial charge in [-0.2, -0.15) is 0 Å². The van der Waals surface area contributed by atoms with Crippen LogP contribution >= 0.6 is 23.2 Å². The van der Waals surface area contributed by atoms with Gasteiger partial charge in [0.2, 0.25) is 0 Å². The van der Waals surface area contributed by atoms with E-state index in [-0.39, 0.29) is 33.4 Å². The Balaban J connectivity index is 2.78. The molecule has 0 saturated carbocycles. The Kier molecular flexibility index (Phi) is 4.17. The summed E-state index contributed by atoms with van der Waals surface area (Å²) in [7, 11) is -3.62. The van der Waals surface area contributed by atoms with E-state index >= 15 is 0 Å². The number of rotatable bonds is 4. The zero-order valence-corrected chi connectivity index (χ0v) is 12.6. The summed E-state index contributed by atoms with van der Waals surface area (Å²) in [6.07, 6.45) is 1.02. The second-order valence-corrected chi connectivity index (χ2v) is 6.58. The number of carbonyl (C=O) groups is 1. The van der Waals surface area contributed by atoms with Crippen LogP contribution in [0.5, 0.6) is 0 Å². The molecule has 5 nitrogen and oxygen atoms in total. The molecule has 0 saturated heterocycles. The minimum absolute atomic E-state index is 0.0345. The summed E-state index contributed by atoms with van der Waals surface area (Å²) in [5, 5.41) is 2.92. The Morgan fingerprint density at radius 3 is 2.55 bits per heavy atom. The molecule has 0 spiro atoms. The predicted molar refractivity (Wildman–Crippen MR) is 74.8 cm³/mol. The maximum atomic E-state index is 11.9. The van der Waals surface area contributed by atoms with Gasteiger partial charge in [-0.1, -0.05) is 23.4 Å². The summed E-state index contributed by atoms with van der Waals surface area (Å²) in [6, 6.07) is 6.24. The fourth-order valence-electron chi connectivity index (χ4n) is 1.81. The number of alkyl halides is 1. The van der Waals surface area contributed by atoms with Crippen molar-refractivity contribution in [3.05, 3.63) is 35.5 Å². The van der Waals surface area contributed by atoms with Gasteiger partial charge in [-0.05, 0) is 17.7 Å². The number of carbonyl (C=O) groups excluding carboxylic acids is 1. The number of halogens is 2. The molecule has 8 heteroatoms. The van der Waals surface area contributed by atoms with Gasteiger partial charge < -0.3 is 4.52 Å². The second kappa shape index (κ2) is 5.55. The van der Waals surface area contributed by atoms with Crippen LogP contribution in [0, 0.1) is 0 Å². The molecule has 0 aliphatic carbocycles. The molecule has 1 aromatic carbocycles. The minimum Gasteiger partial charge on any atom is -0.355 e. The van der Waals surface area contributed by atoms with Crippen molar-refractivity contribution in [2.45, 2.75) is 10.8 Å². The lowest BCUT2D eigenvalue weighted by molar-refractivity contribution is 0.108. The molecule has 0 unspecified atom stereocenters. The largest absolute Gasteiger partial charge is 0.355 e. The Morgan fingerprint density at radius 1 is 1.35 bits per heavy atom. The van der Waals surface area contributed by atoms with E-state index in [0.29, 0.717) is 0 Å². The Hall–Kier alpha value is -1.37. The quantitative estimate of drug-likeness (QED) is 0.635. The van der Waals surface area contributed by atoms with Crippen LogP contribution in [0.25, 0.3) is 11.3 Å². The van der Waals surface area contributed by atoms with Crippen LogP contribution in [0.15, 0.2) is 33.7 Å². The topological polar surface area (TPSA) is 77.2 Å². The highest BCUT2D eigenvalue weighted by Gasteiger charge is 2.27. The van der Waals surface area contributed by atoms with Crippen LogP contribution in [-0.2, 0) is 15.7 Å². The number of nitrogens with zero attached hydrogens (tertiary/aromatic N) is 1. The highest BCUT2D eigenvalue weighted by Crippen LogP contribution is 2.33. The van der Waals surface area contributed by atoms with E-state index in [0.717, 1.165) is 6.26 Å². The highest BCUT2D eigenvalue weighted by molar-refractivity contribution is 7.90. The maximum Gasteiger partial charge on any atom is 0.253 e. The van der Waals surface area contributed by atoms with Crippen molar-refractivity contribution < 1.29 is 17.7 Å². The average Bonchev–Trinajstić information content (AvgIpc) is 2.82. The van der Waals surface area contributed by atoms with Crippen LogP contribution in [0.2, 0.25) is 0 Å². The molecule has 0 amide bonds. The molecule has 0 bridgehead atoms. The maximum absolute atomic E-state index is 11.9. The van der Waals surface area contributed by atoms with Crippen molar-refractivity contribution in [1.29, 1.82) is 0 Å². The molecule has 20 heavy (non-hydrogen) atoms. The summed E-state index contributed by atoms with van der Waals surface area (Å²) >= 11 is 11.2. The number of benzene rings is 1. The standard InChI is InChI=1S/C12H9Cl2NO4S/c1-20(17,18)11-9(6-13)15-19-10(11)7-4-2-3-5-8(7)12(14)16/h2-5H,6H2,1H3. The van der Waals surface area contributed by atoms with E-state index in [1.165, 1.54) is 12.1 Å². The lowest BCUT2D eigenvalue weighted by Crippen LogP contribution is -2.02.